The highest BCUT2D eigenvalue weighted by molar-refractivity contribution is 5.80. The van der Waals surface area contributed by atoms with Gasteiger partial charge in [-0.15, -0.1) is 0 Å². The fraction of sp³-hybridized carbons (Fsp3) is 0.211. The van der Waals surface area contributed by atoms with Crippen molar-refractivity contribution in [2.24, 2.45) is 0 Å². The molecule has 0 aliphatic heterocycles. The van der Waals surface area contributed by atoms with Crippen LogP contribution in [0, 0.1) is 6.92 Å². The summed E-state index contributed by atoms with van der Waals surface area (Å²) in [6.45, 7) is 2.33. The lowest BCUT2D eigenvalue weighted by Crippen LogP contribution is -2.33. The monoisotopic (exact) mass is 349 g/mol. The van der Waals surface area contributed by atoms with E-state index in [0.717, 1.165) is 22.1 Å². The molecule has 0 fully saturated rings. The second-order valence-corrected chi connectivity index (χ2v) is 6.50. The molecule has 26 heavy (non-hydrogen) atoms. The van der Waals surface area contributed by atoms with Gasteiger partial charge >= 0.3 is 0 Å². The van der Waals surface area contributed by atoms with Gasteiger partial charge < -0.3 is 9.88 Å². The van der Waals surface area contributed by atoms with E-state index in [0.29, 0.717) is 17.8 Å². The molecule has 2 heterocycles. The van der Waals surface area contributed by atoms with Crippen LogP contribution in [0.25, 0.3) is 21.9 Å². The first-order valence-corrected chi connectivity index (χ1v) is 8.38. The number of carbonyl (C=O) groups excluding carboxylic acids is 1. The van der Waals surface area contributed by atoms with Crippen LogP contribution in [0.2, 0.25) is 0 Å². The zero-order valence-electron chi connectivity index (χ0n) is 14.6. The lowest BCUT2D eigenvalue weighted by Gasteiger charge is -2.15. The van der Waals surface area contributed by atoms with Gasteiger partial charge in [0, 0.05) is 7.05 Å². The van der Waals surface area contributed by atoms with E-state index in [1.165, 1.54) is 4.68 Å². The summed E-state index contributed by atoms with van der Waals surface area (Å²) in [7, 11) is 1.70. The van der Waals surface area contributed by atoms with Gasteiger partial charge in [-0.25, -0.2) is 9.67 Å². The molecule has 1 amide bonds. The third-order valence-corrected chi connectivity index (χ3v) is 4.45. The number of imidazole rings is 1. The standard InChI is InChI=1S/C19H19N5O2/c1-12-7-8-15-16(9-12)21-17(20-15)10-23(2)18(25)11-24-19(26)13-5-3-4-6-14(13)22-24/h3-9,22H,10-11H2,1-2H3,(H,20,21). The fourth-order valence-electron chi connectivity index (χ4n) is 3.04. The lowest BCUT2D eigenvalue weighted by atomic mass is 10.2. The predicted molar refractivity (Wildman–Crippen MR) is 99.9 cm³/mol. The Labute approximate surface area is 149 Å². The molecule has 0 saturated heterocycles. The van der Waals surface area contributed by atoms with E-state index in [9.17, 15) is 9.59 Å². The van der Waals surface area contributed by atoms with Gasteiger partial charge in [0.2, 0.25) is 5.91 Å². The van der Waals surface area contributed by atoms with Gasteiger partial charge in [0.1, 0.15) is 12.4 Å². The maximum atomic E-state index is 12.5. The van der Waals surface area contributed by atoms with Crippen LogP contribution in [0.5, 0.6) is 0 Å². The second kappa shape index (κ2) is 6.18. The SMILES string of the molecule is Cc1ccc2nc(CN(C)C(=O)Cn3[nH]c4ccccc4c3=O)[nH]c2c1. The van der Waals surface area contributed by atoms with Crippen LogP contribution < -0.4 is 5.56 Å². The van der Waals surface area contributed by atoms with E-state index in [1.54, 1.807) is 24.1 Å². The number of nitrogens with zero attached hydrogens (tertiary/aromatic N) is 3. The minimum Gasteiger partial charge on any atom is -0.340 e. The first-order valence-electron chi connectivity index (χ1n) is 8.38. The number of hydrogen-bond donors (Lipinski definition) is 2. The summed E-state index contributed by atoms with van der Waals surface area (Å²) in [6.07, 6.45) is 0. The van der Waals surface area contributed by atoms with Gasteiger partial charge in [-0.3, -0.25) is 14.7 Å². The maximum Gasteiger partial charge on any atom is 0.274 e. The molecule has 2 aromatic heterocycles. The number of likely N-dealkylation sites (N-methyl/N-ethyl adjacent to an activating group) is 1. The smallest absolute Gasteiger partial charge is 0.274 e. The van der Waals surface area contributed by atoms with E-state index >= 15 is 0 Å². The molecular weight excluding hydrogens is 330 g/mol. The number of aryl methyl sites for hydroxylation is 1. The van der Waals surface area contributed by atoms with Crippen molar-refractivity contribution in [3.63, 3.8) is 0 Å². The molecule has 2 aromatic carbocycles. The molecule has 0 aliphatic rings. The van der Waals surface area contributed by atoms with Crippen LogP contribution in [-0.4, -0.2) is 37.6 Å². The van der Waals surface area contributed by atoms with Gasteiger partial charge in [0.15, 0.2) is 0 Å². The molecule has 0 atom stereocenters. The molecule has 0 bridgehead atoms. The van der Waals surface area contributed by atoms with Crippen LogP contribution >= 0.6 is 0 Å². The van der Waals surface area contributed by atoms with E-state index < -0.39 is 0 Å². The van der Waals surface area contributed by atoms with Crippen LogP contribution in [0.3, 0.4) is 0 Å². The van der Waals surface area contributed by atoms with E-state index in [-0.39, 0.29) is 18.0 Å². The highest BCUT2D eigenvalue weighted by atomic mass is 16.2. The number of nitrogens with one attached hydrogen (secondary N) is 2. The molecule has 4 aromatic rings. The molecule has 132 valence electrons. The average Bonchev–Trinajstić information content (AvgIpc) is 3.15. The third kappa shape index (κ3) is 2.88. The van der Waals surface area contributed by atoms with Crippen LogP contribution in [0.15, 0.2) is 47.3 Å². The Morgan fingerprint density at radius 1 is 1.19 bits per heavy atom. The Morgan fingerprint density at radius 2 is 2.00 bits per heavy atom. The number of H-pyrrole nitrogens is 2. The zero-order valence-corrected chi connectivity index (χ0v) is 14.6. The summed E-state index contributed by atoms with van der Waals surface area (Å²) in [5.41, 5.74) is 3.50. The first-order chi connectivity index (χ1) is 12.5. The predicted octanol–water partition coefficient (Wildman–Crippen LogP) is 2.17. The number of para-hydroxylation sites is 1. The van der Waals surface area contributed by atoms with Crippen molar-refractivity contribution < 1.29 is 4.79 Å². The van der Waals surface area contributed by atoms with E-state index in [1.807, 2.05) is 37.3 Å². The molecule has 0 aliphatic carbocycles. The van der Waals surface area contributed by atoms with Gasteiger partial charge in [0.05, 0.1) is 28.5 Å². The maximum absolute atomic E-state index is 12.5. The Hall–Kier alpha value is -3.35. The van der Waals surface area contributed by atoms with E-state index in [4.69, 9.17) is 0 Å². The molecule has 0 saturated carbocycles. The summed E-state index contributed by atoms with van der Waals surface area (Å²) in [5.74, 6) is 0.542. The molecule has 0 radical (unpaired) electrons. The number of hydrogen-bond acceptors (Lipinski definition) is 3. The largest absolute Gasteiger partial charge is 0.340 e. The van der Waals surface area contributed by atoms with Crippen molar-refractivity contribution >= 4 is 27.8 Å². The zero-order chi connectivity index (χ0) is 18.3. The van der Waals surface area contributed by atoms with Gasteiger partial charge in [-0.2, -0.15) is 0 Å². The van der Waals surface area contributed by atoms with Crippen LogP contribution in [0.4, 0.5) is 0 Å². The topological polar surface area (TPSA) is 86.8 Å². The highest BCUT2D eigenvalue weighted by Gasteiger charge is 2.15. The van der Waals surface area contributed by atoms with Crippen molar-refractivity contribution in [3.05, 3.63) is 64.2 Å². The first kappa shape index (κ1) is 16.1. The summed E-state index contributed by atoms with van der Waals surface area (Å²) >= 11 is 0. The Balaban J connectivity index is 1.51. The Bertz CT molecular complexity index is 1170. The molecule has 2 N–H and O–H groups in total. The molecule has 7 nitrogen and oxygen atoms in total. The van der Waals surface area contributed by atoms with Gasteiger partial charge in [0.25, 0.3) is 5.56 Å². The number of carbonyl (C=O) groups is 1. The summed E-state index contributed by atoms with van der Waals surface area (Å²) in [6, 6.07) is 13.2. The minimum absolute atomic E-state index is 0.0383. The number of benzene rings is 2. The van der Waals surface area contributed by atoms with Crippen molar-refractivity contribution in [1.29, 1.82) is 0 Å². The third-order valence-electron chi connectivity index (χ3n) is 4.45. The van der Waals surface area contributed by atoms with Gasteiger partial charge in [-0.05, 0) is 36.8 Å². The number of aromatic amines is 2. The highest BCUT2D eigenvalue weighted by Crippen LogP contribution is 2.14. The van der Waals surface area contributed by atoms with Crippen molar-refractivity contribution in [3.8, 4) is 0 Å². The van der Waals surface area contributed by atoms with Crippen molar-refractivity contribution in [2.75, 3.05) is 7.05 Å². The summed E-state index contributed by atoms with van der Waals surface area (Å²) < 4.78 is 1.34. The summed E-state index contributed by atoms with van der Waals surface area (Å²) in [4.78, 5) is 34.2. The average molecular weight is 349 g/mol. The number of amides is 1. The normalized spacial score (nSPS) is 11.3. The molecular formula is C19H19N5O2. The minimum atomic E-state index is -0.193. The second-order valence-electron chi connectivity index (χ2n) is 6.50. The number of rotatable bonds is 4. The Kier molecular flexibility index (Phi) is 3.84. The van der Waals surface area contributed by atoms with E-state index in [2.05, 4.69) is 15.1 Å². The number of aromatic nitrogens is 4. The molecule has 0 unspecified atom stereocenters. The van der Waals surface area contributed by atoms with Crippen LogP contribution in [-0.2, 0) is 17.9 Å². The summed E-state index contributed by atoms with van der Waals surface area (Å²) in [5, 5.41) is 3.55. The number of fused-ring (bicyclic) bond motifs is 2. The molecule has 4 rings (SSSR count). The van der Waals surface area contributed by atoms with Crippen molar-refractivity contribution in [1.82, 2.24) is 24.6 Å². The lowest BCUT2D eigenvalue weighted by molar-refractivity contribution is -0.131. The molecule has 7 heteroatoms. The quantitative estimate of drug-likeness (QED) is 0.592. The van der Waals surface area contributed by atoms with Crippen molar-refractivity contribution in [2.45, 2.75) is 20.0 Å². The molecule has 0 spiro atoms. The fourth-order valence-corrected chi connectivity index (χ4v) is 3.04. The Morgan fingerprint density at radius 3 is 2.81 bits per heavy atom. The van der Waals surface area contributed by atoms with Gasteiger partial charge in [-0.1, -0.05) is 18.2 Å². The van der Waals surface area contributed by atoms with Crippen LogP contribution in [0.1, 0.15) is 11.4 Å².